The van der Waals surface area contributed by atoms with Crippen molar-refractivity contribution < 1.29 is 9.90 Å². The third-order valence-corrected chi connectivity index (χ3v) is 5.67. The molecule has 5 rings (SSSR count). The van der Waals surface area contributed by atoms with E-state index in [0.717, 1.165) is 27.7 Å². The van der Waals surface area contributed by atoms with Crippen LogP contribution in [-0.2, 0) is 4.79 Å². The molecule has 0 bridgehead atoms. The SMILES string of the molecule is O=C1CC(c2ccccc2)C(O)=C1C(c1cccnc1)c1cc2ccccc2[nH]1. The molecule has 29 heavy (non-hydrogen) atoms. The number of allylic oxidation sites excluding steroid dienone is 2. The second-order valence-electron chi connectivity index (χ2n) is 7.42. The van der Waals surface area contributed by atoms with Gasteiger partial charge in [-0.2, -0.15) is 0 Å². The maximum atomic E-state index is 13.1. The average Bonchev–Trinajstić information content (AvgIpc) is 3.31. The first-order chi connectivity index (χ1) is 14.2. The highest BCUT2D eigenvalue weighted by Crippen LogP contribution is 2.44. The van der Waals surface area contributed by atoms with E-state index in [4.69, 9.17) is 0 Å². The molecule has 0 aliphatic heterocycles. The molecule has 4 heteroatoms. The Labute approximate surface area is 168 Å². The second kappa shape index (κ2) is 7.06. The van der Waals surface area contributed by atoms with Crippen molar-refractivity contribution in [1.82, 2.24) is 9.97 Å². The predicted octanol–water partition coefficient (Wildman–Crippen LogP) is 5.26. The Bertz CT molecular complexity index is 1180. The van der Waals surface area contributed by atoms with E-state index in [2.05, 4.69) is 16.0 Å². The molecule has 0 saturated carbocycles. The van der Waals surface area contributed by atoms with Crippen molar-refractivity contribution in [2.75, 3.05) is 0 Å². The van der Waals surface area contributed by atoms with Gasteiger partial charge < -0.3 is 10.1 Å². The topological polar surface area (TPSA) is 66.0 Å². The molecule has 1 aliphatic carbocycles. The lowest BCUT2D eigenvalue weighted by Crippen LogP contribution is -2.11. The molecule has 2 N–H and O–H groups in total. The summed E-state index contributed by atoms with van der Waals surface area (Å²) in [6.07, 6.45) is 3.75. The molecule has 2 aromatic carbocycles. The van der Waals surface area contributed by atoms with E-state index in [9.17, 15) is 9.90 Å². The van der Waals surface area contributed by atoms with Crippen molar-refractivity contribution in [3.05, 3.63) is 113 Å². The second-order valence-corrected chi connectivity index (χ2v) is 7.42. The number of H-pyrrole nitrogens is 1. The van der Waals surface area contributed by atoms with Crippen LogP contribution in [0.3, 0.4) is 0 Å². The molecule has 2 aromatic heterocycles. The van der Waals surface area contributed by atoms with E-state index >= 15 is 0 Å². The summed E-state index contributed by atoms with van der Waals surface area (Å²) in [5, 5.41) is 12.2. The Morgan fingerprint density at radius 2 is 1.79 bits per heavy atom. The molecule has 0 radical (unpaired) electrons. The maximum Gasteiger partial charge on any atom is 0.164 e. The van der Waals surface area contributed by atoms with Crippen LogP contribution in [0.2, 0.25) is 0 Å². The van der Waals surface area contributed by atoms with Gasteiger partial charge in [-0.3, -0.25) is 9.78 Å². The van der Waals surface area contributed by atoms with Crippen LogP contribution in [-0.4, -0.2) is 20.9 Å². The van der Waals surface area contributed by atoms with Crippen LogP contribution < -0.4 is 0 Å². The fourth-order valence-corrected chi connectivity index (χ4v) is 4.29. The number of nitrogens with one attached hydrogen (secondary N) is 1. The molecule has 1 aliphatic rings. The van der Waals surface area contributed by atoms with Gasteiger partial charge in [-0.1, -0.05) is 54.6 Å². The Balaban J connectivity index is 1.68. The van der Waals surface area contributed by atoms with Gasteiger partial charge in [-0.25, -0.2) is 0 Å². The Morgan fingerprint density at radius 1 is 1.00 bits per heavy atom. The number of carbonyl (C=O) groups excluding carboxylic acids is 1. The lowest BCUT2D eigenvalue weighted by Gasteiger charge is -2.17. The summed E-state index contributed by atoms with van der Waals surface area (Å²) in [7, 11) is 0. The highest BCUT2D eigenvalue weighted by atomic mass is 16.3. The van der Waals surface area contributed by atoms with Crippen LogP contribution in [0, 0.1) is 0 Å². The minimum absolute atomic E-state index is 0.0242. The summed E-state index contributed by atoms with van der Waals surface area (Å²) in [5.41, 5.74) is 4.17. The average molecular weight is 380 g/mol. The molecule has 2 heterocycles. The number of pyridine rings is 1. The number of fused-ring (bicyclic) bond motifs is 1. The number of rotatable bonds is 4. The van der Waals surface area contributed by atoms with Crippen LogP contribution in [0.5, 0.6) is 0 Å². The molecule has 2 unspecified atom stereocenters. The van der Waals surface area contributed by atoms with Gasteiger partial charge in [0.2, 0.25) is 0 Å². The number of aromatic amines is 1. The Morgan fingerprint density at radius 3 is 2.55 bits per heavy atom. The van der Waals surface area contributed by atoms with Gasteiger partial charge in [-0.05, 0) is 34.7 Å². The third-order valence-electron chi connectivity index (χ3n) is 5.67. The number of para-hydroxylation sites is 1. The van der Waals surface area contributed by atoms with Gasteiger partial charge in [-0.15, -0.1) is 0 Å². The van der Waals surface area contributed by atoms with Crippen molar-refractivity contribution in [1.29, 1.82) is 0 Å². The van der Waals surface area contributed by atoms with Gasteiger partial charge in [0.05, 0.1) is 5.92 Å². The van der Waals surface area contributed by atoms with E-state index in [1.165, 1.54) is 0 Å². The smallest absolute Gasteiger partial charge is 0.164 e. The first-order valence-electron chi connectivity index (χ1n) is 9.71. The molecule has 142 valence electrons. The van der Waals surface area contributed by atoms with Gasteiger partial charge >= 0.3 is 0 Å². The highest BCUT2D eigenvalue weighted by molar-refractivity contribution is 6.02. The summed E-state index contributed by atoms with van der Waals surface area (Å²) in [5.74, 6) is -0.558. The summed E-state index contributed by atoms with van der Waals surface area (Å²) >= 11 is 0. The number of hydrogen-bond acceptors (Lipinski definition) is 3. The van der Waals surface area contributed by atoms with E-state index in [1.54, 1.807) is 12.4 Å². The molecule has 0 fully saturated rings. The normalized spacial score (nSPS) is 17.8. The number of nitrogens with zero attached hydrogens (tertiary/aromatic N) is 1. The van der Waals surface area contributed by atoms with Crippen molar-refractivity contribution in [3.63, 3.8) is 0 Å². The molecule has 4 nitrogen and oxygen atoms in total. The van der Waals surface area contributed by atoms with Crippen LogP contribution in [0.15, 0.2) is 96.5 Å². The minimum atomic E-state index is -0.391. The standard InChI is InChI=1S/C25H20N2O2/c28-22-14-19(16-7-2-1-3-8-16)25(29)24(22)23(18-10-6-12-26-15-18)21-13-17-9-4-5-11-20(17)27-21/h1-13,15,19,23,27,29H,14H2. The van der Waals surface area contributed by atoms with Crippen molar-refractivity contribution in [2.24, 2.45) is 0 Å². The summed E-state index contributed by atoms with van der Waals surface area (Å²) < 4.78 is 0. The molecular weight excluding hydrogens is 360 g/mol. The van der Waals surface area contributed by atoms with Crippen molar-refractivity contribution in [3.8, 4) is 0 Å². The van der Waals surface area contributed by atoms with Crippen LogP contribution in [0.4, 0.5) is 0 Å². The number of aromatic nitrogens is 2. The van der Waals surface area contributed by atoms with Crippen molar-refractivity contribution >= 4 is 16.7 Å². The summed E-state index contributed by atoms with van der Waals surface area (Å²) in [6.45, 7) is 0. The van der Waals surface area contributed by atoms with Crippen LogP contribution >= 0.6 is 0 Å². The Kier molecular flexibility index (Phi) is 4.24. The number of aliphatic hydroxyl groups is 1. The quantitative estimate of drug-likeness (QED) is 0.507. The molecular formula is C25H20N2O2. The lowest BCUT2D eigenvalue weighted by molar-refractivity contribution is -0.115. The minimum Gasteiger partial charge on any atom is -0.511 e. The molecule has 0 amide bonds. The third kappa shape index (κ3) is 3.03. The fraction of sp³-hybridized carbons (Fsp3) is 0.120. The molecule has 0 spiro atoms. The maximum absolute atomic E-state index is 13.1. The van der Waals surface area contributed by atoms with E-state index in [1.807, 2.05) is 66.7 Å². The van der Waals surface area contributed by atoms with Crippen molar-refractivity contribution in [2.45, 2.75) is 18.3 Å². The number of carbonyl (C=O) groups is 1. The number of ketones is 1. The zero-order valence-electron chi connectivity index (χ0n) is 15.7. The number of aliphatic hydroxyl groups excluding tert-OH is 1. The largest absolute Gasteiger partial charge is 0.511 e. The van der Waals surface area contributed by atoms with Crippen LogP contribution in [0.25, 0.3) is 10.9 Å². The van der Waals surface area contributed by atoms with Gasteiger partial charge in [0.15, 0.2) is 5.78 Å². The lowest BCUT2D eigenvalue weighted by atomic mass is 9.87. The number of benzene rings is 2. The van der Waals surface area contributed by atoms with E-state index in [-0.39, 0.29) is 23.9 Å². The number of hydrogen-bond donors (Lipinski definition) is 2. The molecule has 4 aromatic rings. The van der Waals surface area contributed by atoms with Gasteiger partial charge in [0, 0.05) is 41.5 Å². The zero-order valence-corrected chi connectivity index (χ0v) is 15.7. The summed E-state index contributed by atoms with van der Waals surface area (Å²) in [4.78, 5) is 20.8. The first kappa shape index (κ1) is 17.4. The van der Waals surface area contributed by atoms with Gasteiger partial charge in [0.25, 0.3) is 0 Å². The van der Waals surface area contributed by atoms with E-state index < -0.39 is 5.92 Å². The first-order valence-corrected chi connectivity index (χ1v) is 9.71. The zero-order chi connectivity index (χ0) is 19.8. The molecule has 2 atom stereocenters. The van der Waals surface area contributed by atoms with Gasteiger partial charge in [0.1, 0.15) is 5.76 Å². The summed E-state index contributed by atoms with van der Waals surface area (Å²) in [6, 6.07) is 23.6. The Hall–Kier alpha value is -3.66. The predicted molar refractivity (Wildman–Crippen MR) is 113 cm³/mol. The molecule has 0 saturated heterocycles. The number of Topliss-reactive ketones (excluding diaryl/α,β-unsaturated/α-hetero) is 1. The van der Waals surface area contributed by atoms with E-state index in [0.29, 0.717) is 5.57 Å². The fourth-order valence-electron chi connectivity index (χ4n) is 4.29. The monoisotopic (exact) mass is 380 g/mol. The van der Waals surface area contributed by atoms with Crippen LogP contribution in [0.1, 0.15) is 35.1 Å². The highest BCUT2D eigenvalue weighted by Gasteiger charge is 2.39.